The van der Waals surface area contributed by atoms with E-state index < -0.39 is 12.0 Å². The number of benzene rings is 1. The van der Waals surface area contributed by atoms with Gasteiger partial charge in [0, 0.05) is 12.6 Å². The van der Waals surface area contributed by atoms with Gasteiger partial charge in [-0.2, -0.15) is 0 Å². The van der Waals surface area contributed by atoms with E-state index >= 15 is 0 Å². The van der Waals surface area contributed by atoms with E-state index in [1.54, 1.807) is 13.2 Å². The topological polar surface area (TPSA) is 66.8 Å². The van der Waals surface area contributed by atoms with Gasteiger partial charge >= 0.3 is 5.97 Å². The molecule has 0 aliphatic carbocycles. The lowest BCUT2D eigenvalue weighted by Crippen LogP contribution is -2.39. The second-order valence-corrected chi connectivity index (χ2v) is 4.64. The van der Waals surface area contributed by atoms with E-state index in [9.17, 15) is 9.59 Å². The fourth-order valence-electron chi connectivity index (χ4n) is 2.30. The van der Waals surface area contributed by atoms with Crippen LogP contribution in [0.25, 0.3) is 6.08 Å². The highest BCUT2D eigenvalue weighted by Gasteiger charge is 2.32. The van der Waals surface area contributed by atoms with Crippen molar-refractivity contribution in [3.8, 4) is 5.75 Å². The summed E-state index contributed by atoms with van der Waals surface area (Å²) in [5.74, 6) is -0.493. The molecular weight excluding hydrogens is 258 g/mol. The predicted molar refractivity (Wildman–Crippen MR) is 74.4 cm³/mol. The van der Waals surface area contributed by atoms with E-state index in [2.05, 4.69) is 0 Å². The Kier molecular flexibility index (Phi) is 4.40. The van der Waals surface area contributed by atoms with Gasteiger partial charge in [0.1, 0.15) is 11.8 Å². The third-order valence-electron chi connectivity index (χ3n) is 3.33. The van der Waals surface area contributed by atoms with Gasteiger partial charge in [-0.15, -0.1) is 0 Å². The maximum absolute atomic E-state index is 12.0. The van der Waals surface area contributed by atoms with Gasteiger partial charge in [-0.3, -0.25) is 4.79 Å². The fraction of sp³-hybridized carbons (Fsp3) is 0.333. The van der Waals surface area contributed by atoms with Gasteiger partial charge in [0.25, 0.3) is 0 Å². The van der Waals surface area contributed by atoms with Crippen LogP contribution in [-0.2, 0) is 9.59 Å². The zero-order chi connectivity index (χ0) is 14.5. The van der Waals surface area contributed by atoms with Gasteiger partial charge in [0.15, 0.2) is 0 Å². The number of hydrogen-bond acceptors (Lipinski definition) is 3. The molecule has 5 nitrogen and oxygen atoms in total. The Hall–Kier alpha value is -2.30. The molecule has 0 bridgehead atoms. The second-order valence-electron chi connectivity index (χ2n) is 4.64. The monoisotopic (exact) mass is 275 g/mol. The minimum atomic E-state index is -0.939. The Balaban J connectivity index is 2.06. The Labute approximate surface area is 117 Å². The normalized spacial score (nSPS) is 18.4. The molecule has 0 saturated carbocycles. The van der Waals surface area contributed by atoms with Gasteiger partial charge in [-0.05, 0) is 36.6 Å². The van der Waals surface area contributed by atoms with Gasteiger partial charge in [-0.1, -0.05) is 12.1 Å². The number of aliphatic carboxylic acids is 1. The molecule has 1 amide bonds. The maximum atomic E-state index is 12.0. The quantitative estimate of drug-likeness (QED) is 0.851. The first-order valence-corrected chi connectivity index (χ1v) is 6.47. The number of hydrogen-bond donors (Lipinski definition) is 1. The highest BCUT2D eigenvalue weighted by molar-refractivity contribution is 5.94. The van der Waals surface area contributed by atoms with Crippen molar-refractivity contribution in [2.75, 3.05) is 13.7 Å². The Bertz CT molecular complexity index is 538. The summed E-state index contributed by atoms with van der Waals surface area (Å²) in [6.45, 7) is 0.498. The SMILES string of the molecule is COc1cccc(/C=C/C(=O)N2CCCC2C(=O)O)c1. The summed E-state index contributed by atoms with van der Waals surface area (Å²) in [5, 5.41) is 9.05. The Morgan fingerprint density at radius 3 is 2.95 bits per heavy atom. The molecule has 0 aromatic heterocycles. The molecule has 106 valence electrons. The minimum Gasteiger partial charge on any atom is -0.497 e. The highest BCUT2D eigenvalue weighted by Crippen LogP contribution is 2.19. The molecule has 0 radical (unpaired) electrons. The lowest BCUT2D eigenvalue weighted by Gasteiger charge is -2.19. The molecule has 1 aliphatic rings. The van der Waals surface area contributed by atoms with Crippen molar-refractivity contribution in [2.45, 2.75) is 18.9 Å². The number of carbonyl (C=O) groups is 2. The number of nitrogens with zero attached hydrogens (tertiary/aromatic N) is 1. The molecule has 2 rings (SSSR count). The van der Waals surface area contributed by atoms with Crippen molar-refractivity contribution in [3.05, 3.63) is 35.9 Å². The van der Waals surface area contributed by atoms with E-state index in [0.29, 0.717) is 18.7 Å². The third kappa shape index (κ3) is 3.17. The zero-order valence-electron chi connectivity index (χ0n) is 11.3. The molecule has 1 saturated heterocycles. The molecule has 5 heteroatoms. The molecule has 1 unspecified atom stereocenters. The van der Waals surface area contributed by atoms with Crippen molar-refractivity contribution in [3.63, 3.8) is 0 Å². The largest absolute Gasteiger partial charge is 0.497 e. The van der Waals surface area contributed by atoms with Crippen LogP contribution < -0.4 is 4.74 Å². The number of rotatable bonds is 4. The van der Waals surface area contributed by atoms with Crippen LogP contribution >= 0.6 is 0 Å². The minimum absolute atomic E-state index is 0.266. The molecule has 1 aromatic carbocycles. The molecule has 0 spiro atoms. The fourth-order valence-corrected chi connectivity index (χ4v) is 2.30. The van der Waals surface area contributed by atoms with Gasteiger partial charge in [0.05, 0.1) is 7.11 Å². The van der Waals surface area contributed by atoms with E-state index in [1.807, 2.05) is 24.3 Å². The van der Waals surface area contributed by atoms with Crippen molar-refractivity contribution >= 4 is 18.0 Å². The van der Waals surface area contributed by atoms with Crippen LogP contribution in [0.2, 0.25) is 0 Å². The third-order valence-corrected chi connectivity index (χ3v) is 3.33. The zero-order valence-corrected chi connectivity index (χ0v) is 11.3. The van der Waals surface area contributed by atoms with Crippen LogP contribution in [0.1, 0.15) is 18.4 Å². The first-order valence-electron chi connectivity index (χ1n) is 6.47. The second kappa shape index (κ2) is 6.23. The van der Waals surface area contributed by atoms with E-state index in [0.717, 1.165) is 12.0 Å². The molecule has 1 N–H and O–H groups in total. The van der Waals surface area contributed by atoms with Crippen molar-refractivity contribution < 1.29 is 19.4 Å². The van der Waals surface area contributed by atoms with Crippen LogP contribution in [0.4, 0.5) is 0 Å². The standard InChI is InChI=1S/C15H17NO4/c1-20-12-5-2-4-11(10-12)7-8-14(17)16-9-3-6-13(16)15(18)19/h2,4-5,7-8,10,13H,3,6,9H2,1H3,(H,18,19)/b8-7+. The molecule has 1 heterocycles. The molecule has 1 aromatic rings. The summed E-state index contributed by atoms with van der Waals surface area (Å²) in [6.07, 6.45) is 4.34. The molecular formula is C15H17NO4. The molecule has 1 fully saturated rings. The highest BCUT2D eigenvalue weighted by atomic mass is 16.5. The van der Waals surface area contributed by atoms with Crippen molar-refractivity contribution in [2.24, 2.45) is 0 Å². The first-order chi connectivity index (χ1) is 9.61. The number of carboxylic acid groups (broad SMARTS) is 1. The first kappa shape index (κ1) is 14.1. The summed E-state index contributed by atoms with van der Waals surface area (Å²) >= 11 is 0. The van der Waals surface area contributed by atoms with Crippen molar-refractivity contribution in [1.29, 1.82) is 0 Å². The smallest absolute Gasteiger partial charge is 0.326 e. The van der Waals surface area contributed by atoms with Gasteiger partial charge in [0.2, 0.25) is 5.91 Å². The number of amides is 1. The number of carbonyl (C=O) groups excluding carboxylic acids is 1. The summed E-state index contributed by atoms with van der Waals surface area (Å²) in [7, 11) is 1.58. The van der Waals surface area contributed by atoms with Crippen LogP contribution in [-0.4, -0.2) is 41.6 Å². The van der Waals surface area contributed by atoms with E-state index in [1.165, 1.54) is 11.0 Å². The number of methoxy groups -OCH3 is 1. The van der Waals surface area contributed by atoms with E-state index in [-0.39, 0.29) is 5.91 Å². The number of carboxylic acids is 1. The molecule has 1 aliphatic heterocycles. The maximum Gasteiger partial charge on any atom is 0.326 e. The van der Waals surface area contributed by atoms with Crippen LogP contribution in [0.3, 0.4) is 0 Å². The molecule has 20 heavy (non-hydrogen) atoms. The van der Waals surface area contributed by atoms with E-state index in [4.69, 9.17) is 9.84 Å². The number of likely N-dealkylation sites (tertiary alicyclic amines) is 1. The summed E-state index contributed by atoms with van der Waals surface area (Å²) in [6, 6.07) is 6.62. The summed E-state index contributed by atoms with van der Waals surface area (Å²) < 4.78 is 5.10. The van der Waals surface area contributed by atoms with Crippen molar-refractivity contribution in [1.82, 2.24) is 4.90 Å². The van der Waals surface area contributed by atoms with Gasteiger partial charge in [-0.25, -0.2) is 4.79 Å². The lowest BCUT2D eigenvalue weighted by atomic mass is 10.2. The Morgan fingerprint density at radius 2 is 2.25 bits per heavy atom. The summed E-state index contributed by atoms with van der Waals surface area (Å²) in [4.78, 5) is 24.5. The summed E-state index contributed by atoms with van der Waals surface area (Å²) in [5.41, 5.74) is 0.837. The average Bonchev–Trinajstić information content (AvgIpc) is 2.94. The van der Waals surface area contributed by atoms with Crippen LogP contribution in [0.5, 0.6) is 5.75 Å². The predicted octanol–water partition coefficient (Wildman–Crippen LogP) is 1.78. The van der Waals surface area contributed by atoms with Crippen LogP contribution in [0.15, 0.2) is 30.3 Å². The Morgan fingerprint density at radius 1 is 1.45 bits per heavy atom. The average molecular weight is 275 g/mol. The lowest BCUT2D eigenvalue weighted by molar-refractivity contribution is -0.146. The van der Waals surface area contributed by atoms with Crippen LogP contribution in [0, 0.1) is 0 Å². The number of ether oxygens (including phenoxy) is 1. The molecule has 1 atom stereocenters. The van der Waals surface area contributed by atoms with Gasteiger partial charge < -0.3 is 14.7 Å².